The Hall–Kier alpha value is -0.700. The number of carbonyl (C=O) groups is 2. The van der Waals surface area contributed by atoms with Crippen molar-refractivity contribution in [1.29, 1.82) is 0 Å². The highest BCUT2D eigenvalue weighted by Gasteiger charge is 2.38. The maximum atomic E-state index is 10.9. The summed E-state index contributed by atoms with van der Waals surface area (Å²) in [5.74, 6) is -0.683. The molecule has 0 heterocycles. The van der Waals surface area contributed by atoms with Gasteiger partial charge < -0.3 is 5.11 Å². The average molecular weight is 156 g/mol. The van der Waals surface area contributed by atoms with Crippen LogP contribution >= 0.6 is 0 Å². The van der Waals surface area contributed by atoms with Crippen molar-refractivity contribution in [3.8, 4) is 0 Å². The molecule has 0 spiro atoms. The Kier molecular flexibility index (Phi) is 1.84. The SMILES string of the molecule is CC1(C)CC(=O)C(O)C(=O)C1. The first-order valence-electron chi connectivity index (χ1n) is 3.66. The third-order valence-electron chi connectivity index (χ3n) is 1.92. The van der Waals surface area contributed by atoms with Crippen LogP contribution in [-0.4, -0.2) is 22.8 Å². The van der Waals surface area contributed by atoms with Gasteiger partial charge in [-0.15, -0.1) is 0 Å². The predicted octanol–water partition coefficient (Wildman–Crippen LogP) is 0.306. The molecule has 0 aromatic heterocycles. The molecule has 0 radical (unpaired) electrons. The van der Waals surface area contributed by atoms with Gasteiger partial charge in [-0.3, -0.25) is 9.59 Å². The van der Waals surface area contributed by atoms with E-state index in [4.69, 9.17) is 5.11 Å². The average Bonchev–Trinajstić information content (AvgIpc) is 1.81. The lowest BCUT2D eigenvalue weighted by Crippen LogP contribution is -2.41. The number of carbonyl (C=O) groups excluding carboxylic acids is 2. The van der Waals surface area contributed by atoms with E-state index in [1.54, 1.807) is 0 Å². The molecule has 0 atom stereocenters. The number of rotatable bonds is 0. The van der Waals surface area contributed by atoms with Crippen molar-refractivity contribution in [2.45, 2.75) is 32.8 Å². The molecule has 11 heavy (non-hydrogen) atoms. The normalized spacial score (nSPS) is 25.7. The second-order valence-electron chi connectivity index (χ2n) is 3.85. The van der Waals surface area contributed by atoms with Gasteiger partial charge in [0.25, 0.3) is 0 Å². The highest BCUT2D eigenvalue weighted by molar-refractivity contribution is 6.07. The maximum Gasteiger partial charge on any atom is 0.170 e. The van der Waals surface area contributed by atoms with Gasteiger partial charge in [-0.05, 0) is 5.41 Å². The fraction of sp³-hybridized carbons (Fsp3) is 0.750. The molecule has 1 aliphatic carbocycles. The summed E-state index contributed by atoms with van der Waals surface area (Å²) in [6.07, 6.45) is -0.733. The van der Waals surface area contributed by atoms with Crippen molar-refractivity contribution in [1.82, 2.24) is 0 Å². The molecule has 62 valence electrons. The molecule has 1 rings (SSSR count). The highest BCUT2D eigenvalue weighted by Crippen LogP contribution is 2.31. The molecule has 0 aromatic rings. The molecule has 3 nitrogen and oxygen atoms in total. The van der Waals surface area contributed by atoms with Crippen LogP contribution in [0.15, 0.2) is 0 Å². The second-order valence-corrected chi connectivity index (χ2v) is 3.85. The van der Waals surface area contributed by atoms with E-state index in [9.17, 15) is 9.59 Å². The van der Waals surface area contributed by atoms with Crippen LogP contribution in [-0.2, 0) is 9.59 Å². The number of Topliss-reactive ketones (excluding diaryl/α,β-unsaturated/α-hetero) is 2. The predicted molar refractivity (Wildman–Crippen MR) is 39.0 cm³/mol. The Balaban J connectivity index is 2.78. The van der Waals surface area contributed by atoms with Crippen LogP contribution in [0, 0.1) is 5.41 Å². The van der Waals surface area contributed by atoms with Crippen molar-refractivity contribution < 1.29 is 14.7 Å². The summed E-state index contributed by atoms with van der Waals surface area (Å²) < 4.78 is 0. The fourth-order valence-electron chi connectivity index (χ4n) is 1.38. The standard InChI is InChI=1S/C8H12O3/c1-8(2)3-5(9)7(11)6(10)4-8/h7,11H,3-4H2,1-2H3. The Morgan fingerprint density at radius 1 is 1.27 bits per heavy atom. The first-order valence-corrected chi connectivity index (χ1v) is 3.66. The number of aliphatic hydroxyl groups is 1. The Morgan fingerprint density at radius 3 is 2.00 bits per heavy atom. The van der Waals surface area contributed by atoms with Crippen LogP contribution in [0.1, 0.15) is 26.7 Å². The number of aliphatic hydroxyl groups excluding tert-OH is 1. The van der Waals surface area contributed by atoms with E-state index < -0.39 is 6.10 Å². The van der Waals surface area contributed by atoms with E-state index in [1.165, 1.54) is 0 Å². The van der Waals surface area contributed by atoms with Gasteiger partial charge in [0.15, 0.2) is 17.7 Å². The van der Waals surface area contributed by atoms with Gasteiger partial charge in [-0.25, -0.2) is 0 Å². The minimum Gasteiger partial charge on any atom is -0.378 e. The summed E-state index contributed by atoms with van der Waals surface area (Å²) in [7, 11) is 0. The number of hydrogen-bond acceptors (Lipinski definition) is 3. The van der Waals surface area contributed by atoms with E-state index in [0.29, 0.717) is 12.8 Å². The Labute approximate surface area is 65.4 Å². The van der Waals surface area contributed by atoms with Crippen LogP contribution in [0.25, 0.3) is 0 Å². The van der Waals surface area contributed by atoms with Crippen molar-refractivity contribution in [3.63, 3.8) is 0 Å². The summed E-state index contributed by atoms with van der Waals surface area (Å²) >= 11 is 0. The van der Waals surface area contributed by atoms with Gasteiger partial charge >= 0.3 is 0 Å². The van der Waals surface area contributed by atoms with Crippen molar-refractivity contribution >= 4 is 11.6 Å². The molecule has 0 unspecified atom stereocenters. The van der Waals surface area contributed by atoms with E-state index in [2.05, 4.69) is 0 Å². The molecule has 0 saturated heterocycles. The summed E-state index contributed by atoms with van der Waals surface area (Å²) in [5.41, 5.74) is -0.257. The topological polar surface area (TPSA) is 54.4 Å². The second kappa shape index (κ2) is 2.41. The van der Waals surface area contributed by atoms with Crippen molar-refractivity contribution in [3.05, 3.63) is 0 Å². The van der Waals surface area contributed by atoms with E-state index in [0.717, 1.165) is 0 Å². The molecule has 0 aromatic carbocycles. The van der Waals surface area contributed by atoms with Crippen LogP contribution in [0.2, 0.25) is 0 Å². The third-order valence-corrected chi connectivity index (χ3v) is 1.92. The monoisotopic (exact) mass is 156 g/mol. The summed E-state index contributed by atoms with van der Waals surface area (Å²) in [4.78, 5) is 21.9. The molecule has 1 fully saturated rings. The number of ketones is 2. The smallest absolute Gasteiger partial charge is 0.170 e. The zero-order valence-electron chi connectivity index (χ0n) is 6.76. The highest BCUT2D eigenvalue weighted by atomic mass is 16.3. The number of hydrogen-bond donors (Lipinski definition) is 1. The molecule has 0 aliphatic heterocycles. The van der Waals surface area contributed by atoms with Gasteiger partial charge in [0.1, 0.15) is 0 Å². The largest absolute Gasteiger partial charge is 0.378 e. The van der Waals surface area contributed by atoms with E-state index >= 15 is 0 Å². The van der Waals surface area contributed by atoms with Gasteiger partial charge in [0.05, 0.1) is 0 Å². The molecule has 3 heteroatoms. The van der Waals surface area contributed by atoms with Crippen LogP contribution in [0.5, 0.6) is 0 Å². The maximum absolute atomic E-state index is 10.9. The summed E-state index contributed by atoms with van der Waals surface area (Å²) in [5, 5.41) is 8.98. The van der Waals surface area contributed by atoms with Gasteiger partial charge in [-0.1, -0.05) is 13.8 Å². The quantitative estimate of drug-likeness (QED) is 0.513. The lowest BCUT2D eigenvalue weighted by Gasteiger charge is -2.29. The molecule has 1 saturated carbocycles. The molecule has 0 bridgehead atoms. The van der Waals surface area contributed by atoms with Gasteiger partial charge in [0.2, 0.25) is 0 Å². The van der Waals surface area contributed by atoms with E-state index in [-0.39, 0.29) is 17.0 Å². The fourth-order valence-corrected chi connectivity index (χ4v) is 1.38. The summed E-state index contributed by atoms with van der Waals surface area (Å²) in [6, 6.07) is 0. The zero-order valence-corrected chi connectivity index (χ0v) is 6.76. The van der Waals surface area contributed by atoms with Gasteiger partial charge in [0, 0.05) is 12.8 Å². The third kappa shape index (κ3) is 1.66. The minimum absolute atomic E-state index is 0.257. The van der Waals surface area contributed by atoms with E-state index in [1.807, 2.05) is 13.8 Å². The lowest BCUT2D eigenvalue weighted by atomic mass is 9.75. The van der Waals surface area contributed by atoms with Crippen LogP contribution < -0.4 is 0 Å². The summed E-state index contributed by atoms with van der Waals surface area (Å²) in [6.45, 7) is 3.71. The van der Waals surface area contributed by atoms with Crippen molar-refractivity contribution in [2.75, 3.05) is 0 Å². The first kappa shape index (κ1) is 8.40. The minimum atomic E-state index is -1.34. The lowest BCUT2D eigenvalue weighted by molar-refractivity contribution is -0.145. The van der Waals surface area contributed by atoms with Crippen LogP contribution in [0.3, 0.4) is 0 Å². The Bertz CT molecular complexity index is 185. The molecule has 1 aliphatic rings. The zero-order chi connectivity index (χ0) is 8.65. The first-order chi connectivity index (χ1) is 4.92. The molecule has 0 amide bonds. The van der Waals surface area contributed by atoms with Crippen LogP contribution in [0.4, 0.5) is 0 Å². The Morgan fingerprint density at radius 2 is 1.64 bits per heavy atom. The molecular formula is C8H12O3. The van der Waals surface area contributed by atoms with Gasteiger partial charge in [-0.2, -0.15) is 0 Å². The van der Waals surface area contributed by atoms with Crippen molar-refractivity contribution in [2.24, 2.45) is 5.41 Å². The molecular weight excluding hydrogens is 144 g/mol. The molecule has 1 N–H and O–H groups in total.